The Hall–Kier alpha value is -4.14. The molecule has 2 saturated carbocycles. The maximum absolute atomic E-state index is 12.0. The van der Waals surface area contributed by atoms with Crippen LogP contribution in [0.5, 0.6) is 11.5 Å². The lowest BCUT2D eigenvalue weighted by atomic mass is 9.71. The highest BCUT2D eigenvalue weighted by Crippen LogP contribution is 2.41. The Labute approximate surface area is 371 Å². The number of nitrogens with zero attached hydrogens (tertiary/aromatic N) is 2. The second-order valence-electron chi connectivity index (χ2n) is 21.2. The van der Waals surface area contributed by atoms with Crippen LogP contribution in [-0.4, -0.2) is 71.8 Å². The van der Waals surface area contributed by atoms with Crippen molar-refractivity contribution in [3.63, 3.8) is 0 Å². The molecule has 0 amide bonds. The molecule has 1 N–H and O–H groups in total. The minimum atomic E-state index is -0.648. The van der Waals surface area contributed by atoms with Gasteiger partial charge in [-0.05, 0) is 189 Å². The Kier molecular flexibility index (Phi) is 14.9. The summed E-state index contributed by atoms with van der Waals surface area (Å²) in [5, 5.41) is 14.1. The van der Waals surface area contributed by atoms with Gasteiger partial charge in [0.1, 0.15) is 11.5 Å². The molecule has 62 heavy (non-hydrogen) atoms. The van der Waals surface area contributed by atoms with Crippen molar-refractivity contribution in [2.45, 2.75) is 138 Å². The number of fused-ring (bicyclic) bond motifs is 2. The van der Waals surface area contributed by atoms with Gasteiger partial charge in [-0.25, -0.2) is 0 Å². The van der Waals surface area contributed by atoms with E-state index < -0.39 is 5.97 Å². The predicted octanol–water partition coefficient (Wildman–Crippen LogP) is 11.9. The molecule has 2 aliphatic heterocycles. The van der Waals surface area contributed by atoms with Crippen LogP contribution in [0.3, 0.4) is 0 Å². The van der Waals surface area contributed by atoms with Crippen LogP contribution in [0, 0.1) is 34.5 Å². The van der Waals surface area contributed by atoms with Gasteiger partial charge in [0.2, 0.25) is 0 Å². The lowest BCUT2D eigenvalue weighted by Gasteiger charge is -2.38. The van der Waals surface area contributed by atoms with Crippen LogP contribution < -0.4 is 9.47 Å². The smallest absolute Gasteiger partial charge is 0.309 e. The molecule has 336 valence electrons. The second kappa shape index (κ2) is 20.1. The second-order valence-corrected chi connectivity index (χ2v) is 21.2. The van der Waals surface area contributed by atoms with Crippen LogP contribution in [0.4, 0.5) is 0 Å². The van der Waals surface area contributed by atoms with E-state index in [1.165, 1.54) is 45.5 Å². The van der Waals surface area contributed by atoms with E-state index >= 15 is 0 Å². The van der Waals surface area contributed by atoms with Gasteiger partial charge in [-0.1, -0.05) is 77.9 Å². The van der Waals surface area contributed by atoms with E-state index in [-0.39, 0.29) is 17.8 Å². The summed E-state index contributed by atoms with van der Waals surface area (Å²) in [7, 11) is 0. The zero-order valence-corrected chi connectivity index (χ0v) is 38.8. The van der Waals surface area contributed by atoms with E-state index in [4.69, 9.17) is 19.3 Å². The van der Waals surface area contributed by atoms with Crippen molar-refractivity contribution in [1.82, 2.24) is 9.80 Å². The van der Waals surface area contributed by atoms with Gasteiger partial charge in [0.15, 0.2) is 0 Å². The molecule has 2 aliphatic carbocycles. The molecule has 4 fully saturated rings. The third kappa shape index (κ3) is 12.7. The Balaban J connectivity index is 0.000000187. The van der Waals surface area contributed by atoms with Gasteiger partial charge in [-0.3, -0.25) is 19.4 Å². The summed E-state index contributed by atoms with van der Waals surface area (Å²) in [4.78, 5) is 27.9. The van der Waals surface area contributed by atoms with Crippen molar-refractivity contribution in [3.05, 3.63) is 83.9 Å². The molecule has 4 aromatic carbocycles. The van der Waals surface area contributed by atoms with E-state index in [1.54, 1.807) is 0 Å². The molecule has 0 bridgehead atoms. The summed E-state index contributed by atoms with van der Waals surface area (Å²) in [6.45, 7) is 21.9. The summed E-state index contributed by atoms with van der Waals surface area (Å²) in [6, 6.07) is 26.3. The SMILES string of the molecule is CC1CC(Oc2ccc3cc(CN4CCC(C(=O)O)CC4)ccc3c2)CC(C)(C)C1.CCOC(=O)C1CCN(Cc2ccc3cc(OC4CC(C)CC(C)(C)C4)ccc3c2)CC1. The van der Waals surface area contributed by atoms with Crippen molar-refractivity contribution < 1.29 is 28.9 Å². The van der Waals surface area contributed by atoms with Crippen LogP contribution in [0.2, 0.25) is 0 Å². The third-order valence-corrected chi connectivity index (χ3v) is 14.0. The number of carboxylic acids is 1. The van der Waals surface area contributed by atoms with Crippen LogP contribution in [-0.2, 0) is 27.4 Å². The summed E-state index contributed by atoms with van der Waals surface area (Å²) < 4.78 is 18.0. The molecule has 4 atom stereocenters. The van der Waals surface area contributed by atoms with Gasteiger partial charge in [-0.2, -0.15) is 0 Å². The van der Waals surface area contributed by atoms with Crippen molar-refractivity contribution in [1.29, 1.82) is 0 Å². The minimum absolute atomic E-state index is 0.0258. The Morgan fingerprint density at radius 2 is 1.00 bits per heavy atom. The number of esters is 1. The first-order valence-electron chi connectivity index (χ1n) is 23.8. The average molecular weight is 847 g/mol. The van der Waals surface area contributed by atoms with Crippen LogP contribution in [0.1, 0.15) is 124 Å². The summed E-state index contributed by atoms with van der Waals surface area (Å²) in [5.74, 6) is 2.61. The maximum Gasteiger partial charge on any atom is 0.309 e. The monoisotopic (exact) mass is 847 g/mol. The van der Waals surface area contributed by atoms with Gasteiger partial charge in [0.25, 0.3) is 0 Å². The number of rotatable bonds is 11. The molecule has 2 heterocycles. The van der Waals surface area contributed by atoms with E-state index in [0.717, 1.165) is 102 Å². The molecular formula is C54H74N2O6. The van der Waals surface area contributed by atoms with E-state index in [9.17, 15) is 9.59 Å². The highest BCUT2D eigenvalue weighted by molar-refractivity contribution is 5.85. The number of ether oxygens (including phenoxy) is 3. The van der Waals surface area contributed by atoms with Gasteiger partial charge >= 0.3 is 11.9 Å². The summed E-state index contributed by atoms with van der Waals surface area (Å²) in [5.41, 5.74) is 3.32. The van der Waals surface area contributed by atoms with E-state index in [0.29, 0.717) is 41.5 Å². The Bertz CT molecular complexity index is 2130. The van der Waals surface area contributed by atoms with Crippen molar-refractivity contribution in [2.24, 2.45) is 34.5 Å². The third-order valence-electron chi connectivity index (χ3n) is 14.0. The predicted molar refractivity (Wildman–Crippen MR) is 251 cm³/mol. The average Bonchev–Trinajstić information content (AvgIpc) is 3.20. The van der Waals surface area contributed by atoms with E-state index in [2.05, 4.69) is 124 Å². The lowest BCUT2D eigenvalue weighted by molar-refractivity contribution is -0.149. The van der Waals surface area contributed by atoms with Crippen LogP contribution >= 0.6 is 0 Å². The standard InChI is InChI=1S/C28H39NO3.C26H35NO3/c1-5-31-27(30)22-10-12-29(13-11-22)19-21-6-7-24-16-25(9-8-23(24)15-21)32-26-14-20(2)17-28(3,4)18-26;1-18-12-24(16-26(2,3)15-18)30-23-7-6-21-13-19(4-5-22(21)14-23)17-27-10-8-20(9-11-27)25(28)29/h6-9,15-16,20,22,26H,5,10-14,17-19H2,1-4H3;4-7,13-14,18,20,24H,8-12,15-17H2,1-3H3,(H,28,29). The quantitative estimate of drug-likeness (QED) is 0.149. The summed E-state index contributed by atoms with van der Waals surface area (Å²) in [6.07, 6.45) is 11.0. The number of carbonyl (C=O) groups excluding carboxylic acids is 1. The Morgan fingerprint density at radius 3 is 1.40 bits per heavy atom. The fourth-order valence-corrected chi connectivity index (χ4v) is 11.4. The number of piperidine rings is 2. The highest BCUT2D eigenvalue weighted by Gasteiger charge is 2.34. The van der Waals surface area contributed by atoms with Gasteiger partial charge in [0.05, 0.1) is 30.7 Å². The largest absolute Gasteiger partial charge is 0.490 e. The molecule has 8 nitrogen and oxygen atoms in total. The molecule has 4 aliphatic rings. The fraction of sp³-hybridized carbons (Fsp3) is 0.593. The number of carbonyl (C=O) groups is 2. The first kappa shape index (κ1) is 45.9. The maximum atomic E-state index is 12.0. The normalized spacial score (nSPS) is 24.8. The number of likely N-dealkylation sites (tertiary alicyclic amines) is 2. The molecule has 4 unspecified atom stereocenters. The van der Waals surface area contributed by atoms with Crippen molar-refractivity contribution in [2.75, 3.05) is 32.8 Å². The number of hydrogen-bond donors (Lipinski definition) is 1. The molecule has 0 spiro atoms. The zero-order valence-electron chi connectivity index (χ0n) is 38.8. The molecule has 2 saturated heterocycles. The molecule has 4 aromatic rings. The zero-order chi connectivity index (χ0) is 44.0. The minimum Gasteiger partial charge on any atom is -0.490 e. The lowest BCUT2D eigenvalue weighted by Crippen LogP contribution is -2.36. The first-order valence-corrected chi connectivity index (χ1v) is 23.8. The number of carboxylic acid groups (broad SMARTS) is 1. The number of benzene rings is 4. The Morgan fingerprint density at radius 1 is 0.597 bits per heavy atom. The van der Waals surface area contributed by atoms with E-state index in [1.807, 2.05) is 6.92 Å². The molecular weight excluding hydrogens is 773 g/mol. The van der Waals surface area contributed by atoms with Crippen LogP contribution in [0.25, 0.3) is 21.5 Å². The molecule has 8 rings (SSSR count). The molecule has 0 aromatic heterocycles. The first-order chi connectivity index (χ1) is 29.6. The van der Waals surface area contributed by atoms with Crippen molar-refractivity contribution in [3.8, 4) is 11.5 Å². The van der Waals surface area contributed by atoms with Gasteiger partial charge in [-0.15, -0.1) is 0 Å². The van der Waals surface area contributed by atoms with Crippen LogP contribution in [0.15, 0.2) is 72.8 Å². The van der Waals surface area contributed by atoms with Gasteiger partial charge < -0.3 is 19.3 Å². The topological polar surface area (TPSA) is 88.5 Å². The fourth-order valence-electron chi connectivity index (χ4n) is 11.4. The molecule has 8 heteroatoms. The number of aliphatic carboxylic acids is 1. The van der Waals surface area contributed by atoms with Gasteiger partial charge in [0, 0.05) is 13.1 Å². The van der Waals surface area contributed by atoms with Crippen molar-refractivity contribution >= 4 is 33.5 Å². The summed E-state index contributed by atoms with van der Waals surface area (Å²) >= 11 is 0. The highest BCUT2D eigenvalue weighted by atomic mass is 16.5. The molecule has 0 radical (unpaired) electrons. The number of hydrogen-bond acceptors (Lipinski definition) is 7.